The summed E-state index contributed by atoms with van der Waals surface area (Å²) in [4.78, 5) is 11.7. The van der Waals surface area contributed by atoms with Crippen LogP contribution in [0, 0.1) is 5.92 Å². The Kier molecular flexibility index (Phi) is 5.05. The van der Waals surface area contributed by atoms with Gasteiger partial charge in [-0.05, 0) is 12.1 Å². The zero-order valence-corrected chi connectivity index (χ0v) is 10.8. The van der Waals surface area contributed by atoms with E-state index in [2.05, 4.69) is 0 Å². The summed E-state index contributed by atoms with van der Waals surface area (Å²) in [6, 6.07) is 2.86. The molecular formula is C11H13Cl2NO3. The van der Waals surface area contributed by atoms with Crippen molar-refractivity contribution in [3.63, 3.8) is 0 Å². The standard InChI is InChI=1S/C11H13Cl2NO3/c1-6(4-15)5-17-11(16)8-2-7(14)3-9(12)10(8)13/h2-3,6,15H,4-5,14H2,1H3. The molecule has 0 fully saturated rings. The molecule has 6 heteroatoms. The summed E-state index contributed by atoms with van der Waals surface area (Å²) in [6.45, 7) is 1.80. The molecule has 94 valence electrons. The number of rotatable bonds is 4. The maximum Gasteiger partial charge on any atom is 0.339 e. The smallest absolute Gasteiger partial charge is 0.339 e. The molecule has 0 aliphatic rings. The van der Waals surface area contributed by atoms with Gasteiger partial charge in [0, 0.05) is 18.2 Å². The van der Waals surface area contributed by atoms with Gasteiger partial charge < -0.3 is 15.6 Å². The Labute approximate surface area is 109 Å². The minimum absolute atomic E-state index is 0.0568. The Bertz CT molecular complexity index is 423. The molecule has 0 amide bonds. The van der Waals surface area contributed by atoms with E-state index in [4.69, 9.17) is 38.8 Å². The molecule has 1 aromatic rings. The fourth-order valence-corrected chi connectivity index (χ4v) is 1.52. The SMILES string of the molecule is CC(CO)COC(=O)c1cc(N)cc(Cl)c1Cl. The van der Waals surface area contributed by atoms with E-state index in [-0.39, 0.29) is 34.7 Å². The van der Waals surface area contributed by atoms with Crippen LogP contribution in [0.5, 0.6) is 0 Å². The third-order valence-electron chi connectivity index (χ3n) is 2.08. The van der Waals surface area contributed by atoms with Crippen molar-refractivity contribution < 1.29 is 14.6 Å². The highest BCUT2D eigenvalue weighted by Crippen LogP contribution is 2.29. The lowest BCUT2D eigenvalue weighted by atomic mass is 10.2. The number of ether oxygens (including phenoxy) is 1. The van der Waals surface area contributed by atoms with Gasteiger partial charge in [-0.25, -0.2) is 4.79 Å². The number of hydrogen-bond donors (Lipinski definition) is 2. The fourth-order valence-electron chi connectivity index (χ4n) is 1.11. The minimum atomic E-state index is -0.607. The molecule has 0 heterocycles. The molecule has 1 rings (SSSR count). The van der Waals surface area contributed by atoms with Crippen molar-refractivity contribution in [2.45, 2.75) is 6.92 Å². The van der Waals surface area contributed by atoms with E-state index in [0.717, 1.165) is 0 Å². The van der Waals surface area contributed by atoms with Crippen LogP contribution in [0.15, 0.2) is 12.1 Å². The van der Waals surface area contributed by atoms with E-state index in [9.17, 15) is 4.79 Å². The largest absolute Gasteiger partial charge is 0.462 e. The monoisotopic (exact) mass is 277 g/mol. The van der Waals surface area contributed by atoms with Gasteiger partial charge in [0.2, 0.25) is 0 Å². The minimum Gasteiger partial charge on any atom is -0.462 e. The van der Waals surface area contributed by atoms with Gasteiger partial charge in [0.25, 0.3) is 0 Å². The molecule has 17 heavy (non-hydrogen) atoms. The number of nitrogens with two attached hydrogens (primary N) is 1. The summed E-state index contributed by atoms with van der Waals surface area (Å²) >= 11 is 11.7. The van der Waals surface area contributed by atoms with E-state index in [1.54, 1.807) is 6.92 Å². The first-order valence-corrected chi connectivity index (χ1v) is 5.73. The lowest BCUT2D eigenvalue weighted by Gasteiger charge is -2.11. The molecule has 3 N–H and O–H groups in total. The Morgan fingerprint density at radius 2 is 2.18 bits per heavy atom. The first-order chi connectivity index (χ1) is 7.95. The van der Waals surface area contributed by atoms with Crippen molar-refractivity contribution in [2.75, 3.05) is 18.9 Å². The van der Waals surface area contributed by atoms with Gasteiger partial charge in [0.15, 0.2) is 0 Å². The Balaban J connectivity index is 2.82. The molecule has 0 saturated carbocycles. The summed E-state index contributed by atoms with van der Waals surface area (Å²) < 4.78 is 4.97. The number of benzene rings is 1. The van der Waals surface area contributed by atoms with Crippen molar-refractivity contribution in [3.05, 3.63) is 27.7 Å². The van der Waals surface area contributed by atoms with Crippen molar-refractivity contribution in [1.82, 2.24) is 0 Å². The number of anilines is 1. The van der Waals surface area contributed by atoms with Crippen LogP contribution in [0.2, 0.25) is 10.0 Å². The zero-order chi connectivity index (χ0) is 13.0. The highest BCUT2D eigenvalue weighted by molar-refractivity contribution is 6.44. The highest BCUT2D eigenvalue weighted by atomic mass is 35.5. The van der Waals surface area contributed by atoms with Gasteiger partial charge in [0.05, 0.1) is 22.2 Å². The molecule has 1 unspecified atom stereocenters. The maximum atomic E-state index is 11.7. The van der Waals surface area contributed by atoms with Crippen molar-refractivity contribution in [1.29, 1.82) is 0 Å². The molecule has 0 radical (unpaired) electrons. The van der Waals surface area contributed by atoms with E-state index in [1.165, 1.54) is 12.1 Å². The van der Waals surface area contributed by atoms with Gasteiger partial charge in [-0.3, -0.25) is 0 Å². The number of aliphatic hydroxyl groups is 1. The van der Waals surface area contributed by atoms with E-state index < -0.39 is 5.97 Å². The van der Waals surface area contributed by atoms with Crippen LogP contribution in [0.3, 0.4) is 0 Å². The average molecular weight is 278 g/mol. The number of carbonyl (C=O) groups excluding carboxylic acids is 1. The third kappa shape index (κ3) is 3.77. The Morgan fingerprint density at radius 1 is 1.53 bits per heavy atom. The number of aliphatic hydroxyl groups excluding tert-OH is 1. The zero-order valence-electron chi connectivity index (χ0n) is 9.24. The van der Waals surface area contributed by atoms with E-state index >= 15 is 0 Å². The summed E-state index contributed by atoms with van der Waals surface area (Å²) in [5.74, 6) is -0.737. The lowest BCUT2D eigenvalue weighted by Crippen LogP contribution is -2.15. The van der Waals surface area contributed by atoms with Crippen molar-refractivity contribution in [3.8, 4) is 0 Å². The summed E-state index contributed by atoms with van der Waals surface area (Å²) in [5, 5.41) is 9.12. The van der Waals surface area contributed by atoms with Crippen LogP contribution in [-0.2, 0) is 4.74 Å². The van der Waals surface area contributed by atoms with Gasteiger partial charge in [-0.1, -0.05) is 30.1 Å². The normalized spacial score (nSPS) is 12.2. The number of esters is 1. The van der Waals surface area contributed by atoms with Gasteiger partial charge >= 0.3 is 5.97 Å². The summed E-state index contributed by atoms with van der Waals surface area (Å²) in [5.41, 5.74) is 6.02. The number of nitrogen functional groups attached to an aromatic ring is 1. The molecule has 0 aliphatic carbocycles. The molecule has 0 aliphatic heterocycles. The Hall–Kier alpha value is -0.970. The van der Waals surface area contributed by atoms with Crippen LogP contribution < -0.4 is 5.73 Å². The van der Waals surface area contributed by atoms with E-state index in [1.807, 2.05) is 0 Å². The van der Waals surface area contributed by atoms with Crippen LogP contribution in [0.4, 0.5) is 5.69 Å². The van der Waals surface area contributed by atoms with Crippen molar-refractivity contribution in [2.24, 2.45) is 5.92 Å². The van der Waals surface area contributed by atoms with Gasteiger partial charge in [-0.2, -0.15) is 0 Å². The quantitative estimate of drug-likeness (QED) is 0.655. The maximum absolute atomic E-state index is 11.7. The number of hydrogen-bond acceptors (Lipinski definition) is 4. The third-order valence-corrected chi connectivity index (χ3v) is 2.88. The first-order valence-electron chi connectivity index (χ1n) is 4.98. The molecular weight excluding hydrogens is 265 g/mol. The lowest BCUT2D eigenvalue weighted by molar-refractivity contribution is 0.0405. The number of halogens is 2. The first kappa shape index (κ1) is 14.1. The fraction of sp³-hybridized carbons (Fsp3) is 0.364. The molecule has 0 aromatic heterocycles. The summed E-state index contributed by atoms with van der Waals surface area (Å²) in [6.07, 6.45) is 0. The molecule has 4 nitrogen and oxygen atoms in total. The Morgan fingerprint density at radius 3 is 2.76 bits per heavy atom. The van der Waals surface area contributed by atoms with Crippen LogP contribution >= 0.6 is 23.2 Å². The summed E-state index contributed by atoms with van der Waals surface area (Å²) in [7, 11) is 0. The molecule has 1 aromatic carbocycles. The average Bonchev–Trinajstić information content (AvgIpc) is 2.30. The molecule has 0 bridgehead atoms. The molecule has 1 atom stereocenters. The van der Waals surface area contributed by atoms with Gasteiger partial charge in [0.1, 0.15) is 0 Å². The second kappa shape index (κ2) is 6.10. The predicted molar refractivity (Wildman–Crippen MR) is 67.4 cm³/mol. The highest BCUT2D eigenvalue weighted by Gasteiger charge is 2.16. The van der Waals surface area contributed by atoms with E-state index in [0.29, 0.717) is 5.69 Å². The topological polar surface area (TPSA) is 72.5 Å². The van der Waals surface area contributed by atoms with Gasteiger partial charge in [-0.15, -0.1) is 0 Å². The molecule has 0 saturated heterocycles. The van der Waals surface area contributed by atoms with Crippen LogP contribution in [0.1, 0.15) is 17.3 Å². The number of carbonyl (C=O) groups is 1. The van der Waals surface area contributed by atoms with Crippen LogP contribution in [-0.4, -0.2) is 24.3 Å². The molecule has 0 spiro atoms. The van der Waals surface area contributed by atoms with Crippen molar-refractivity contribution >= 4 is 34.9 Å². The predicted octanol–water partition coefficient (Wildman–Crippen LogP) is 2.36. The second-order valence-corrected chi connectivity index (χ2v) is 4.54. The van der Waals surface area contributed by atoms with Crippen LogP contribution in [0.25, 0.3) is 0 Å². The second-order valence-electron chi connectivity index (χ2n) is 3.75.